The van der Waals surface area contributed by atoms with Gasteiger partial charge >= 0.3 is 0 Å². The zero-order valence-electron chi connectivity index (χ0n) is 9.81. The molecule has 0 radical (unpaired) electrons. The van der Waals surface area contributed by atoms with Gasteiger partial charge in [-0.15, -0.1) is 0 Å². The molecule has 0 rings (SSSR count). The third-order valence-electron chi connectivity index (χ3n) is 2.39. The van der Waals surface area contributed by atoms with Gasteiger partial charge in [0.25, 0.3) is 0 Å². The minimum atomic E-state index is -0.180. The standard InChI is InChI=1S/C11H25NO2/c1-4-6-8-14-9-7-11(3,10-13)12-5-2/h12-13H,4-10H2,1-3H3. The van der Waals surface area contributed by atoms with Crippen LogP contribution in [0, 0.1) is 0 Å². The first-order valence-electron chi connectivity index (χ1n) is 5.62. The minimum absolute atomic E-state index is 0.165. The van der Waals surface area contributed by atoms with E-state index in [1.54, 1.807) is 0 Å². The average molecular weight is 203 g/mol. The zero-order valence-corrected chi connectivity index (χ0v) is 9.81. The maximum Gasteiger partial charge on any atom is 0.0611 e. The Bertz CT molecular complexity index is 130. The molecule has 0 amide bonds. The van der Waals surface area contributed by atoms with Crippen LogP contribution in [-0.2, 0) is 4.74 Å². The van der Waals surface area contributed by atoms with Crippen LogP contribution in [0.4, 0.5) is 0 Å². The molecule has 2 N–H and O–H groups in total. The Kier molecular flexibility index (Phi) is 8.14. The van der Waals surface area contributed by atoms with E-state index >= 15 is 0 Å². The summed E-state index contributed by atoms with van der Waals surface area (Å²) in [4.78, 5) is 0. The van der Waals surface area contributed by atoms with Crippen molar-refractivity contribution in [3.63, 3.8) is 0 Å². The number of rotatable bonds is 9. The van der Waals surface area contributed by atoms with Crippen LogP contribution >= 0.6 is 0 Å². The maximum atomic E-state index is 9.20. The average Bonchev–Trinajstić information content (AvgIpc) is 2.18. The molecule has 3 heteroatoms. The van der Waals surface area contributed by atoms with Gasteiger partial charge in [-0.2, -0.15) is 0 Å². The third-order valence-corrected chi connectivity index (χ3v) is 2.39. The van der Waals surface area contributed by atoms with Crippen molar-refractivity contribution in [2.24, 2.45) is 0 Å². The fourth-order valence-electron chi connectivity index (χ4n) is 1.30. The summed E-state index contributed by atoms with van der Waals surface area (Å²) >= 11 is 0. The molecule has 0 spiro atoms. The highest BCUT2D eigenvalue weighted by Gasteiger charge is 2.20. The monoisotopic (exact) mass is 203 g/mol. The number of likely N-dealkylation sites (N-methyl/N-ethyl adjacent to an activating group) is 1. The molecule has 0 saturated carbocycles. The van der Waals surface area contributed by atoms with Crippen LogP contribution < -0.4 is 5.32 Å². The second kappa shape index (κ2) is 8.21. The number of aliphatic hydroxyl groups is 1. The van der Waals surface area contributed by atoms with Crippen LogP contribution in [0.3, 0.4) is 0 Å². The Morgan fingerprint density at radius 3 is 2.50 bits per heavy atom. The Labute approximate surface area is 87.8 Å². The molecular weight excluding hydrogens is 178 g/mol. The summed E-state index contributed by atoms with van der Waals surface area (Å²) in [6, 6.07) is 0. The molecule has 0 saturated heterocycles. The van der Waals surface area contributed by atoms with Crippen molar-refractivity contribution in [2.45, 2.75) is 45.6 Å². The van der Waals surface area contributed by atoms with Crippen molar-refractivity contribution < 1.29 is 9.84 Å². The number of nitrogens with one attached hydrogen (secondary N) is 1. The Hall–Kier alpha value is -0.120. The predicted octanol–water partition coefficient (Wildman–Crippen LogP) is 1.55. The smallest absolute Gasteiger partial charge is 0.0611 e. The van der Waals surface area contributed by atoms with E-state index in [0.717, 1.165) is 32.6 Å². The first-order chi connectivity index (χ1) is 6.68. The number of hydrogen-bond donors (Lipinski definition) is 2. The van der Waals surface area contributed by atoms with E-state index in [9.17, 15) is 5.11 Å². The largest absolute Gasteiger partial charge is 0.394 e. The molecule has 0 heterocycles. The molecule has 0 aromatic heterocycles. The van der Waals surface area contributed by atoms with Gasteiger partial charge in [0, 0.05) is 18.8 Å². The Morgan fingerprint density at radius 2 is 2.00 bits per heavy atom. The van der Waals surface area contributed by atoms with Gasteiger partial charge in [-0.1, -0.05) is 20.3 Å². The summed E-state index contributed by atoms with van der Waals surface area (Å²) in [5, 5.41) is 12.5. The molecule has 0 aliphatic carbocycles. The molecule has 0 aliphatic heterocycles. The lowest BCUT2D eigenvalue weighted by Gasteiger charge is -2.28. The van der Waals surface area contributed by atoms with Crippen LogP contribution in [0.15, 0.2) is 0 Å². The van der Waals surface area contributed by atoms with E-state index in [1.165, 1.54) is 6.42 Å². The molecule has 1 unspecified atom stereocenters. The van der Waals surface area contributed by atoms with Crippen LogP contribution in [0.2, 0.25) is 0 Å². The third kappa shape index (κ3) is 6.35. The summed E-state index contributed by atoms with van der Waals surface area (Å²) < 4.78 is 5.47. The lowest BCUT2D eigenvalue weighted by Crippen LogP contribution is -2.46. The van der Waals surface area contributed by atoms with Crippen molar-refractivity contribution >= 4 is 0 Å². The molecule has 14 heavy (non-hydrogen) atoms. The summed E-state index contributed by atoms with van der Waals surface area (Å²) in [6.45, 7) is 8.84. The quantitative estimate of drug-likeness (QED) is 0.559. The predicted molar refractivity (Wildman–Crippen MR) is 59.5 cm³/mol. The van der Waals surface area contributed by atoms with Gasteiger partial charge in [0.2, 0.25) is 0 Å². The van der Waals surface area contributed by atoms with Gasteiger partial charge in [-0.25, -0.2) is 0 Å². The molecule has 0 bridgehead atoms. The fourth-order valence-corrected chi connectivity index (χ4v) is 1.30. The van der Waals surface area contributed by atoms with Gasteiger partial charge in [0.1, 0.15) is 0 Å². The van der Waals surface area contributed by atoms with E-state index < -0.39 is 0 Å². The highest BCUT2D eigenvalue weighted by atomic mass is 16.5. The molecule has 0 aromatic carbocycles. The van der Waals surface area contributed by atoms with E-state index in [1.807, 2.05) is 13.8 Å². The Morgan fingerprint density at radius 1 is 1.29 bits per heavy atom. The molecule has 0 aromatic rings. The number of aliphatic hydroxyl groups excluding tert-OH is 1. The van der Waals surface area contributed by atoms with Crippen molar-refractivity contribution in [3.05, 3.63) is 0 Å². The lowest BCUT2D eigenvalue weighted by atomic mass is 10.00. The van der Waals surface area contributed by atoms with Crippen LogP contribution in [0.5, 0.6) is 0 Å². The van der Waals surface area contributed by atoms with Gasteiger partial charge in [-0.3, -0.25) is 0 Å². The SMILES string of the molecule is CCCCOCCC(C)(CO)NCC. The van der Waals surface area contributed by atoms with Crippen molar-refractivity contribution in [2.75, 3.05) is 26.4 Å². The zero-order chi connectivity index (χ0) is 10.9. The van der Waals surface area contributed by atoms with Crippen LogP contribution in [0.1, 0.15) is 40.0 Å². The summed E-state index contributed by atoms with van der Waals surface area (Å²) in [5.74, 6) is 0. The summed E-state index contributed by atoms with van der Waals surface area (Å²) in [5.41, 5.74) is -0.180. The second-order valence-corrected chi connectivity index (χ2v) is 3.97. The normalized spacial score (nSPS) is 15.4. The highest BCUT2D eigenvalue weighted by molar-refractivity contribution is 4.81. The molecule has 0 aliphatic rings. The first kappa shape index (κ1) is 13.9. The highest BCUT2D eigenvalue weighted by Crippen LogP contribution is 2.08. The van der Waals surface area contributed by atoms with Crippen LogP contribution in [0.25, 0.3) is 0 Å². The van der Waals surface area contributed by atoms with E-state index in [0.29, 0.717) is 0 Å². The summed E-state index contributed by atoms with van der Waals surface area (Å²) in [7, 11) is 0. The van der Waals surface area contributed by atoms with Gasteiger partial charge in [0.15, 0.2) is 0 Å². The maximum absolute atomic E-state index is 9.20. The van der Waals surface area contributed by atoms with Crippen molar-refractivity contribution in [3.8, 4) is 0 Å². The number of ether oxygens (including phenoxy) is 1. The van der Waals surface area contributed by atoms with Gasteiger partial charge < -0.3 is 15.2 Å². The van der Waals surface area contributed by atoms with Crippen molar-refractivity contribution in [1.82, 2.24) is 5.32 Å². The van der Waals surface area contributed by atoms with Crippen LogP contribution in [-0.4, -0.2) is 37.0 Å². The molecule has 1 atom stereocenters. The van der Waals surface area contributed by atoms with E-state index in [2.05, 4.69) is 12.2 Å². The molecule has 0 fully saturated rings. The van der Waals surface area contributed by atoms with E-state index in [4.69, 9.17) is 4.74 Å². The van der Waals surface area contributed by atoms with Gasteiger partial charge in [-0.05, 0) is 26.3 Å². The Balaban J connectivity index is 3.51. The fraction of sp³-hybridized carbons (Fsp3) is 1.00. The minimum Gasteiger partial charge on any atom is -0.394 e. The summed E-state index contributed by atoms with van der Waals surface area (Å²) in [6.07, 6.45) is 3.16. The topological polar surface area (TPSA) is 41.5 Å². The molecular formula is C11H25NO2. The second-order valence-electron chi connectivity index (χ2n) is 3.97. The molecule has 3 nitrogen and oxygen atoms in total. The lowest BCUT2D eigenvalue weighted by molar-refractivity contribution is 0.0861. The van der Waals surface area contributed by atoms with Gasteiger partial charge in [0.05, 0.1) is 6.61 Å². The molecule has 86 valence electrons. The first-order valence-corrected chi connectivity index (χ1v) is 5.62. The number of unbranched alkanes of at least 4 members (excludes halogenated alkanes) is 1. The van der Waals surface area contributed by atoms with Crippen molar-refractivity contribution in [1.29, 1.82) is 0 Å². The number of hydrogen-bond acceptors (Lipinski definition) is 3. The van der Waals surface area contributed by atoms with E-state index in [-0.39, 0.29) is 12.1 Å².